The molecular formula is C77H86BN3S. The highest BCUT2D eigenvalue weighted by Gasteiger charge is 2.49. The van der Waals surface area contributed by atoms with Crippen molar-refractivity contribution in [3.05, 3.63) is 190 Å². The van der Waals surface area contributed by atoms with Crippen LogP contribution in [-0.2, 0) is 37.9 Å². The highest BCUT2D eigenvalue weighted by Crippen LogP contribution is 2.56. The SMILES string of the molecule is Cc1cc2c3c(c1)N(c1ccc(C(C)(C)C)c4c1sc1ccccc14)c1cc(N(c4ccc(C(C)(C)C)cc4)c4ccc(C(C)(C)C)cc4)ccc1B3c1cc3c(cc1N2c1cc2c(cc1C)C(C)(C)CCC2(C)C)C(C)(C)CC3(C)C. The smallest absolute Gasteiger partial charge is 0.252 e. The molecule has 0 saturated heterocycles. The molecule has 0 unspecified atom stereocenters. The van der Waals surface area contributed by atoms with Crippen LogP contribution in [0.2, 0.25) is 0 Å². The van der Waals surface area contributed by atoms with Crippen molar-refractivity contribution in [1.82, 2.24) is 0 Å². The van der Waals surface area contributed by atoms with Crippen molar-refractivity contribution in [3.8, 4) is 0 Å². The molecule has 0 fully saturated rings. The van der Waals surface area contributed by atoms with Crippen LogP contribution >= 0.6 is 11.3 Å². The van der Waals surface area contributed by atoms with Gasteiger partial charge in [-0.1, -0.05) is 184 Å². The standard InChI is InChI=1S/C77H86BN3S/c1-46-38-65-69-66(39-46)81(62-43-57-55(40-47(62)2)74(12,13)36-37-75(57,14)15)64-44-58-56(76(16,17)45-77(58,18)19)42-60(64)78(69)59-34-32-52(79(50-28-24-48(25-29-50)71(3,4)5)51-30-26-49(27-31-51)72(6,7)8)41-63(59)80(65)61-35-33-54(73(9,10)11)68-53-22-20-21-23-67(53)82-70(61)68/h20-35,38-44H,36-37,45H2,1-19H3. The van der Waals surface area contributed by atoms with Gasteiger partial charge in [-0.15, -0.1) is 11.3 Å². The quantitative estimate of drug-likeness (QED) is 0.159. The molecule has 0 atom stereocenters. The molecule has 0 radical (unpaired) electrons. The number of benzene rings is 8. The summed E-state index contributed by atoms with van der Waals surface area (Å²) in [6, 6.07) is 55.9. The maximum atomic E-state index is 2.74. The van der Waals surface area contributed by atoms with Crippen LogP contribution in [0.15, 0.2) is 140 Å². The van der Waals surface area contributed by atoms with Crippen molar-refractivity contribution < 1.29 is 0 Å². The van der Waals surface area contributed by atoms with Crippen molar-refractivity contribution in [2.45, 2.75) is 189 Å². The Labute approximate surface area is 495 Å². The maximum Gasteiger partial charge on any atom is 0.252 e. The molecule has 3 nitrogen and oxygen atoms in total. The van der Waals surface area contributed by atoms with E-state index < -0.39 is 0 Å². The fraction of sp³-hybridized carbons (Fsp3) is 0.377. The molecule has 4 aliphatic rings. The molecule has 3 heterocycles. The van der Waals surface area contributed by atoms with Gasteiger partial charge in [-0.25, -0.2) is 0 Å². The molecule has 82 heavy (non-hydrogen) atoms. The average molecular weight is 1100 g/mol. The number of fused-ring (bicyclic) bond motifs is 9. The van der Waals surface area contributed by atoms with E-state index in [9.17, 15) is 0 Å². The number of rotatable bonds is 5. The third-order valence-electron chi connectivity index (χ3n) is 19.9. The van der Waals surface area contributed by atoms with Crippen LogP contribution < -0.4 is 31.1 Å². The van der Waals surface area contributed by atoms with E-state index in [0.717, 1.165) is 23.5 Å². The van der Waals surface area contributed by atoms with Crippen LogP contribution in [0.3, 0.4) is 0 Å². The zero-order valence-electron chi connectivity index (χ0n) is 52.7. The predicted octanol–water partition coefficient (Wildman–Crippen LogP) is 20.4. The summed E-state index contributed by atoms with van der Waals surface area (Å²) in [4.78, 5) is 7.96. The van der Waals surface area contributed by atoms with Crippen LogP contribution in [0.4, 0.5) is 51.2 Å². The van der Waals surface area contributed by atoms with Crippen molar-refractivity contribution in [2.24, 2.45) is 0 Å². The van der Waals surface area contributed by atoms with Gasteiger partial charge in [0.15, 0.2) is 0 Å². The zero-order valence-corrected chi connectivity index (χ0v) is 53.5. The van der Waals surface area contributed by atoms with Gasteiger partial charge < -0.3 is 14.7 Å². The monoisotopic (exact) mass is 1100 g/mol. The topological polar surface area (TPSA) is 9.72 Å². The lowest BCUT2D eigenvalue weighted by Gasteiger charge is -2.47. The zero-order chi connectivity index (χ0) is 58.3. The number of nitrogens with zero attached hydrogens (tertiary/aromatic N) is 3. The van der Waals surface area contributed by atoms with Crippen LogP contribution in [0.5, 0.6) is 0 Å². The Morgan fingerprint density at radius 2 is 0.951 bits per heavy atom. The summed E-state index contributed by atoms with van der Waals surface area (Å²) in [5.41, 5.74) is 27.9. The van der Waals surface area contributed by atoms with E-state index in [-0.39, 0.29) is 44.6 Å². The van der Waals surface area contributed by atoms with Gasteiger partial charge in [0.1, 0.15) is 0 Å². The van der Waals surface area contributed by atoms with Gasteiger partial charge in [-0.2, -0.15) is 0 Å². The van der Waals surface area contributed by atoms with Gasteiger partial charge in [0.2, 0.25) is 0 Å². The Kier molecular flexibility index (Phi) is 12.0. The molecule has 5 heteroatoms. The minimum absolute atomic E-state index is 0.00692. The van der Waals surface area contributed by atoms with Crippen molar-refractivity contribution in [1.29, 1.82) is 0 Å². The second kappa shape index (κ2) is 18.0. The van der Waals surface area contributed by atoms with E-state index >= 15 is 0 Å². The molecule has 9 aromatic rings. The third-order valence-corrected chi connectivity index (χ3v) is 21.1. The van der Waals surface area contributed by atoms with Gasteiger partial charge >= 0.3 is 0 Å². The predicted molar refractivity (Wildman–Crippen MR) is 360 cm³/mol. The fourth-order valence-corrected chi connectivity index (χ4v) is 16.7. The number of anilines is 9. The molecule has 0 saturated carbocycles. The number of hydrogen-bond donors (Lipinski definition) is 0. The molecule has 0 N–H and O–H groups in total. The minimum Gasteiger partial charge on any atom is -0.311 e. The highest BCUT2D eigenvalue weighted by molar-refractivity contribution is 7.26. The number of aryl methyl sites for hydroxylation is 2. The second-order valence-corrected chi connectivity index (χ2v) is 32.1. The second-order valence-electron chi connectivity index (χ2n) is 31.0. The summed E-state index contributed by atoms with van der Waals surface area (Å²) < 4.78 is 2.65. The van der Waals surface area contributed by atoms with E-state index in [1.807, 2.05) is 11.3 Å². The Morgan fingerprint density at radius 1 is 0.451 bits per heavy atom. The summed E-state index contributed by atoms with van der Waals surface area (Å²) in [5.74, 6) is 0. The normalized spacial score (nSPS) is 17.4. The number of hydrogen-bond acceptors (Lipinski definition) is 4. The van der Waals surface area contributed by atoms with Gasteiger partial charge in [0.05, 0.1) is 10.4 Å². The van der Waals surface area contributed by atoms with E-state index in [1.54, 1.807) is 0 Å². The van der Waals surface area contributed by atoms with Gasteiger partial charge in [0, 0.05) is 61.0 Å². The molecule has 2 aliphatic heterocycles. The molecule has 8 aromatic carbocycles. The maximum absolute atomic E-state index is 2.74. The van der Waals surface area contributed by atoms with Crippen LogP contribution in [-0.4, -0.2) is 6.71 Å². The highest BCUT2D eigenvalue weighted by atomic mass is 32.1. The average Bonchev–Trinajstić information content (AvgIpc) is 1.21. The Hall–Kier alpha value is -6.56. The first kappa shape index (κ1) is 54.7. The molecule has 1 aromatic heterocycles. The summed E-state index contributed by atoms with van der Waals surface area (Å²) in [6.45, 7) is 45.5. The summed E-state index contributed by atoms with van der Waals surface area (Å²) >= 11 is 1.95. The summed E-state index contributed by atoms with van der Waals surface area (Å²) in [6.07, 6.45) is 3.46. The molecule has 0 spiro atoms. The molecule has 13 rings (SSSR count). The van der Waals surface area contributed by atoms with Gasteiger partial charge in [-0.3, -0.25) is 0 Å². The van der Waals surface area contributed by atoms with E-state index in [4.69, 9.17) is 0 Å². The summed E-state index contributed by atoms with van der Waals surface area (Å²) in [5, 5.41) is 2.70. The van der Waals surface area contributed by atoms with Crippen molar-refractivity contribution in [3.63, 3.8) is 0 Å². The largest absolute Gasteiger partial charge is 0.311 e. The van der Waals surface area contributed by atoms with Gasteiger partial charge in [0.25, 0.3) is 6.71 Å². The lowest BCUT2D eigenvalue weighted by atomic mass is 9.33. The van der Waals surface area contributed by atoms with Gasteiger partial charge in [-0.05, 0) is 210 Å². The first-order valence-corrected chi connectivity index (χ1v) is 31.4. The molecule has 2 aliphatic carbocycles. The fourth-order valence-electron chi connectivity index (χ4n) is 15.5. The first-order valence-electron chi connectivity index (χ1n) is 30.5. The van der Waals surface area contributed by atoms with Crippen molar-refractivity contribution in [2.75, 3.05) is 14.7 Å². The molecule has 0 amide bonds. The minimum atomic E-state index is -0.0733. The Morgan fingerprint density at radius 3 is 1.52 bits per heavy atom. The summed E-state index contributed by atoms with van der Waals surface area (Å²) in [7, 11) is 0. The molecule has 0 bridgehead atoms. The van der Waals surface area contributed by atoms with Crippen LogP contribution in [0.25, 0.3) is 20.2 Å². The van der Waals surface area contributed by atoms with Crippen LogP contribution in [0, 0.1) is 13.8 Å². The van der Waals surface area contributed by atoms with E-state index in [2.05, 4.69) is 286 Å². The molecular weight excluding hydrogens is 1010 g/mol. The van der Waals surface area contributed by atoms with Crippen LogP contribution in [0.1, 0.15) is 187 Å². The number of thiophene rings is 1. The molecule has 418 valence electrons. The lowest BCUT2D eigenvalue weighted by Crippen LogP contribution is -2.61. The van der Waals surface area contributed by atoms with E-state index in [1.165, 1.54) is 134 Å². The Bertz CT molecular complexity index is 4050. The van der Waals surface area contributed by atoms with E-state index in [0.29, 0.717) is 0 Å². The Balaban J connectivity index is 1.15. The first-order chi connectivity index (χ1) is 38.3. The van der Waals surface area contributed by atoms with Crippen molar-refractivity contribution >= 4 is 106 Å². The lowest BCUT2D eigenvalue weighted by molar-refractivity contribution is 0.332. The third kappa shape index (κ3) is 8.46.